The van der Waals surface area contributed by atoms with E-state index in [-0.39, 0.29) is 24.0 Å². The van der Waals surface area contributed by atoms with Crippen molar-refractivity contribution in [1.29, 1.82) is 0 Å². The lowest BCUT2D eigenvalue weighted by Crippen LogP contribution is -2.22. The van der Waals surface area contributed by atoms with Crippen molar-refractivity contribution < 1.29 is 14.2 Å². The molecule has 0 bridgehead atoms. The first-order valence-corrected chi connectivity index (χ1v) is 7.52. The topological polar surface area (TPSA) is 78.1 Å². The smallest absolute Gasteiger partial charge is 0.193 e. The van der Waals surface area contributed by atoms with Crippen LogP contribution in [-0.4, -0.2) is 27.3 Å². The number of rotatable bonds is 7. The summed E-state index contributed by atoms with van der Waals surface area (Å²) in [5, 5.41) is 3.05. The minimum Gasteiger partial charge on any atom is -0.493 e. The number of benzene rings is 2. The zero-order valence-corrected chi connectivity index (χ0v) is 16.9. The Kier molecular flexibility index (Phi) is 9.07. The van der Waals surface area contributed by atoms with Gasteiger partial charge in [0.05, 0.1) is 27.4 Å². The number of nitrogens with two attached hydrogens (primary N) is 1. The molecule has 0 amide bonds. The van der Waals surface area contributed by atoms with Crippen LogP contribution < -0.4 is 20.5 Å². The zero-order chi connectivity index (χ0) is 17.4. The van der Waals surface area contributed by atoms with Gasteiger partial charge in [0.1, 0.15) is 0 Å². The van der Waals surface area contributed by atoms with Gasteiger partial charge in [-0.2, -0.15) is 0 Å². The summed E-state index contributed by atoms with van der Waals surface area (Å²) in [6, 6.07) is 13.5. The van der Waals surface area contributed by atoms with Gasteiger partial charge in [0.25, 0.3) is 0 Å². The van der Waals surface area contributed by atoms with Crippen LogP contribution in [0, 0.1) is 0 Å². The number of halogens is 1. The predicted octanol–water partition coefficient (Wildman–Crippen LogP) is 3.40. The van der Waals surface area contributed by atoms with Crippen LogP contribution in [0.15, 0.2) is 47.5 Å². The van der Waals surface area contributed by atoms with E-state index in [1.807, 2.05) is 36.4 Å². The lowest BCUT2D eigenvalue weighted by molar-refractivity contribution is 0.184. The summed E-state index contributed by atoms with van der Waals surface area (Å²) in [7, 11) is 4.86. The average molecular weight is 457 g/mol. The molecule has 0 saturated heterocycles. The number of methoxy groups -OCH3 is 3. The fourth-order valence-electron chi connectivity index (χ4n) is 2.28. The quantitative estimate of drug-likeness (QED) is 0.379. The largest absolute Gasteiger partial charge is 0.493 e. The first kappa shape index (κ1) is 21.0. The molecule has 136 valence electrons. The number of anilines is 1. The van der Waals surface area contributed by atoms with Crippen molar-refractivity contribution >= 4 is 35.6 Å². The molecule has 0 atom stereocenters. The number of nitrogens with zero attached hydrogens (tertiary/aromatic N) is 1. The molecule has 0 aliphatic heterocycles. The average Bonchev–Trinajstić information content (AvgIpc) is 2.61. The summed E-state index contributed by atoms with van der Waals surface area (Å²) >= 11 is 0. The van der Waals surface area contributed by atoms with Crippen LogP contribution in [-0.2, 0) is 17.9 Å². The standard InChI is InChI=1S/C18H23N3O3.HI/c1-22-12-14-7-5-4-6-13(14)11-20-18(19)21-15-8-9-16(23-2)17(10-15)24-3;/h4-10H,11-12H2,1-3H3,(H3,19,20,21);1H. The normalized spacial score (nSPS) is 10.8. The van der Waals surface area contributed by atoms with E-state index in [1.165, 1.54) is 0 Å². The Morgan fingerprint density at radius 2 is 1.68 bits per heavy atom. The van der Waals surface area contributed by atoms with E-state index in [0.29, 0.717) is 30.6 Å². The van der Waals surface area contributed by atoms with Gasteiger partial charge in [-0.05, 0) is 23.3 Å². The van der Waals surface area contributed by atoms with Crippen molar-refractivity contribution in [3.05, 3.63) is 53.6 Å². The number of hydrogen-bond acceptors (Lipinski definition) is 4. The SMILES string of the molecule is COCc1ccccc1CN=C(N)Nc1ccc(OC)c(OC)c1.I. The molecule has 0 aromatic heterocycles. The molecule has 0 aliphatic carbocycles. The third-order valence-electron chi connectivity index (χ3n) is 3.49. The zero-order valence-electron chi connectivity index (χ0n) is 14.6. The van der Waals surface area contributed by atoms with E-state index < -0.39 is 0 Å². The molecule has 2 rings (SSSR count). The van der Waals surface area contributed by atoms with Crippen LogP contribution in [0.3, 0.4) is 0 Å². The van der Waals surface area contributed by atoms with Crippen molar-refractivity contribution in [3.8, 4) is 11.5 Å². The fourth-order valence-corrected chi connectivity index (χ4v) is 2.28. The second kappa shape index (κ2) is 10.8. The molecule has 0 saturated carbocycles. The predicted molar refractivity (Wildman–Crippen MR) is 111 cm³/mol. The van der Waals surface area contributed by atoms with E-state index in [2.05, 4.69) is 10.3 Å². The van der Waals surface area contributed by atoms with E-state index in [4.69, 9.17) is 19.9 Å². The molecule has 7 heteroatoms. The van der Waals surface area contributed by atoms with Gasteiger partial charge in [-0.3, -0.25) is 0 Å². The third-order valence-corrected chi connectivity index (χ3v) is 3.49. The van der Waals surface area contributed by atoms with Gasteiger partial charge in [-0.1, -0.05) is 24.3 Å². The van der Waals surface area contributed by atoms with Gasteiger partial charge in [-0.25, -0.2) is 4.99 Å². The van der Waals surface area contributed by atoms with Gasteiger partial charge >= 0.3 is 0 Å². The van der Waals surface area contributed by atoms with E-state index in [0.717, 1.165) is 16.8 Å². The van der Waals surface area contributed by atoms with Gasteiger partial charge in [-0.15, -0.1) is 24.0 Å². The summed E-state index contributed by atoms with van der Waals surface area (Å²) in [4.78, 5) is 4.39. The number of nitrogens with one attached hydrogen (secondary N) is 1. The Bertz CT molecular complexity index is 708. The summed E-state index contributed by atoms with van der Waals surface area (Å²) in [5.41, 5.74) is 8.93. The molecule has 25 heavy (non-hydrogen) atoms. The molecule has 0 radical (unpaired) electrons. The highest BCUT2D eigenvalue weighted by Gasteiger charge is 2.05. The molecule has 0 fully saturated rings. The van der Waals surface area contributed by atoms with E-state index in [1.54, 1.807) is 27.4 Å². The lowest BCUT2D eigenvalue weighted by Gasteiger charge is -2.11. The van der Waals surface area contributed by atoms with Crippen LogP contribution >= 0.6 is 24.0 Å². The molecule has 3 N–H and O–H groups in total. The first-order valence-electron chi connectivity index (χ1n) is 7.52. The second-order valence-electron chi connectivity index (χ2n) is 5.10. The third kappa shape index (κ3) is 6.09. The number of guanidine groups is 1. The maximum atomic E-state index is 5.98. The molecule has 6 nitrogen and oxygen atoms in total. The highest BCUT2D eigenvalue weighted by molar-refractivity contribution is 14.0. The Hall–Kier alpha value is -2.00. The summed E-state index contributed by atoms with van der Waals surface area (Å²) in [6.45, 7) is 1.03. The summed E-state index contributed by atoms with van der Waals surface area (Å²) in [6.07, 6.45) is 0. The van der Waals surface area contributed by atoms with Crippen molar-refractivity contribution in [2.45, 2.75) is 13.2 Å². The van der Waals surface area contributed by atoms with Crippen LogP contribution in [0.4, 0.5) is 5.69 Å². The maximum absolute atomic E-state index is 5.98. The number of hydrogen-bond donors (Lipinski definition) is 2. The second-order valence-corrected chi connectivity index (χ2v) is 5.10. The molecule has 0 heterocycles. The lowest BCUT2D eigenvalue weighted by atomic mass is 10.1. The minimum absolute atomic E-state index is 0. The Labute approximate surface area is 165 Å². The summed E-state index contributed by atoms with van der Waals surface area (Å²) in [5.74, 6) is 1.61. The van der Waals surface area contributed by atoms with Crippen molar-refractivity contribution in [1.82, 2.24) is 0 Å². The van der Waals surface area contributed by atoms with Crippen LogP contribution in [0.2, 0.25) is 0 Å². The van der Waals surface area contributed by atoms with Gasteiger partial charge in [0, 0.05) is 18.9 Å². The van der Waals surface area contributed by atoms with Crippen molar-refractivity contribution in [2.75, 3.05) is 26.6 Å². The summed E-state index contributed by atoms with van der Waals surface area (Å²) < 4.78 is 15.7. The molecule has 0 unspecified atom stereocenters. The fraction of sp³-hybridized carbons (Fsp3) is 0.278. The Morgan fingerprint density at radius 3 is 2.32 bits per heavy atom. The van der Waals surface area contributed by atoms with Crippen LogP contribution in [0.5, 0.6) is 11.5 Å². The van der Waals surface area contributed by atoms with E-state index in [9.17, 15) is 0 Å². The molecule has 2 aromatic rings. The van der Waals surface area contributed by atoms with Gasteiger partial charge in [0.2, 0.25) is 0 Å². The molecular weight excluding hydrogens is 433 g/mol. The first-order chi connectivity index (χ1) is 11.7. The molecule has 0 aliphatic rings. The Balaban J connectivity index is 0.00000312. The van der Waals surface area contributed by atoms with E-state index >= 15 is 0 Å². The Morgan fingerprint density at radius 1 is 1.00 bits per heavy atom. The van der Waals surface area contributed by atoms with Crippen molar-refractivity contribution in [3.63, 3.8) is 0 Å². The monoisotopic (exact) mass is 457 g/mol. The highest BCUT2D eigenvalue weighted by Crippen LogP contribution is 2.29. The highest BCUT2D eigenvalue weighted by atomic mass is 127. The minimum atomic E-state index is 0. The van der Waals surface area contributed by atoms with Gasteiger partial charge in [0.15, 0.2) is 17.5 Å². The number of aliphatic imine (C=N–C) groups is 1. The van der Waals surface area contributed by atoms with Crippen molar-refractivity contribution in [2.24, 2.45) is 10.7 Å². The van der Waals surface area contributed by atoms with Gasteiger partial charge < -0.3 is 25.3 Å². The van der Waals surface area contributed by atoms with Crippen LogP contribution in [0.1, 0.15) is 11.1 Å². The molecule has 2 aromatic carbocycles. The number of ether oxygens (including phenoxy) is 3. The van der Waals surface area contributed by atoms with Crippen LogP contribution in [0.25, 0.3) is 0 Å². The molecule has 0 spiro atoms. The molecular formula is C18H24IN3O3. The maximum Gasteiger partial charge on any atom is 0.193 e.